The highest BCUT2D eigenvalue weighted by atomic mass is 16.5. The summed E-state index contributed by atoms with van der Waals surface area (Å²) in [5.74, 6) is 7.87. The summed E-state index contributed by atoms with van der Waals surface area (Å²) >= 11 is 0. The van der Waals surface area contributed by atoms with E-state index in [-0.39, 0.29) is 18.1 Å². The molecule has 4 rings (SSSR count). The zero-order chi connectivity index (χ0) is 16.0. The lowest BCUT2D eigenvalue weighted by molar-refractivity contribution is 0.0656. The van der Waals surface area contributed by atoms with Crippen molar-refractivity contribution in [1.82, 2.24) is 0 Å². The van der Waals surface area contributed by atoms with Crippen molar-refractivity contribution in [2.24, 2.45) is 5.92 Å². The molecule has 0 radical (unpaired) electrons. The predicted molar refractivity (Wildman–Crippen MR) is 90.5 cm³/mol. The molecular formula is C21H20O2. The largest absolute Gasteiger partial charge is 0.497 e. The van der Waals surface area contributed by atoms with Gasteiger partial charge in [-0.15, -0.1) is 0 Å². The molecule has 0 spiro atoms. The molecule has 0 aliphatic carbocycles. The highest BCUT2D eigenvalue weighted by Gasteiger charge is 2.44. The molecule has 3 unspecified atom stereocenters. The Labute approximate surface area is 137 Å². The maximum atomic E-state index is 6.17. The maximum absolute atomic E-state index is 6.17. The summed E-state index contributed by atoms with van der Waals surface area (Å²) in [6.45, 7) is 4.34. The molecule has 2 aliphatic heterocycles. The quantitative estimate of drug-likeness (QED) is 0.722. The van der Waals surface area contributed by atoms with Crippen molar-refractivity contribution in [2.75, 3.05) is 7.11 Å². The minimum Gasteiger partial charge on any atom is -0.497 e. The maximum Gasteiger partial charge on any atom is 0.118 e. The third-order valence-corrected chi connectivity index (χ3v) is 4.99. The van der Waals surface area contributed by atoms with Gasteiger partial charge in [0.15, 0.2) is 0 Å². The SMILES string of the molecule is COc1ccc(C#CC2CC3OC2c2cc(C)c(C)cc23)cc1. The van der Waals surface area contributed by atoms with Gasteiger partial charge < -0.3 is 9.47 Å². The van der Waals surface area contributed by atoms with Crippen LogP contribution in [-0.2, 0) is 4.74 Å². The Morgan fingerprint density at radius 3 is 2.43 bits per heavy atom. The summed E-state index contributed by atoms with van der Waals surface area (Å²) in [5, 5.41) is 0. The molecule has 0 aromatic heterocycles. The van der Waals surface area contributed by atoms with E-state index in [1.165, 1.54) is 22.3 Å². The molecule has 0 saturated carbocycles. The van der Waals surface area contributed by atoms with Gasteiger partial charge in [-0.05, 0) is 66.8 Å². The van der Waals surface area contributed by atoms with Gasteiger partial charge in [0.1, 0.15) is 5.75 Å². The van der Waals surface area contributed by atoms with E-state index in [0.29, 0.717) is 0 Å². The fourth-order valence-corrected chi connectivity index (χ4v) is 3.54. The average Bonchev–Trinajstić information content (AvgIpc) is 3.13. The fourth-order valence-electron chi connectivity index (χ4n) is 3.54. The lowest BCUT2D eigenvalue weighted by atomic mass is 9.82. The highest BCUT2D eigenvalue weighted by Crippen LogP contribution is 2.54. The molecule has 2 heteroatoms. The monoisotopic (exact) mass is 304 g/mol. The van der Waals surface area contributed by atoms with Gasteiger partial charge in [0.2, 0.25) is 0 Å². The zero-order valence-electron chi connectivity index (χ0n) is 13.7. The second-order valence-electron chi connectivity index (χ2n) is 6.45. The fraction of sp³-hybridized carbons (Fsp3) is 0.333. The van der Waals surface area contributed by atoms with Crippen molar-refractivity contribution in [3.8, 4) is 17.6 Å². The van der Waals surface area contributed by atoms with E-state index in [1.54, 1.807) is 7.11 Å². The summed E-state index contributed by atoms with van der Waals surface area (Å²) in [4.78, 5) is 0. The molecule has 23 heavy (non-hydrogen) atoms. The van der Waals surface area contributed by atoms with Crippen LogP contribution in [0.1, 0.15) is 46.4 Å². The van der Waals surface area contributed by atoms with Crippen LogP contribution in [0.4, 0.5) is 0 Å². The first kappa shape index (κ1) is 14.4. The standard InChI is InChI=1S/C21H20O2/c1-13-10-18-19(11-14(13)2)21-16(12-20(18)23-21)7-4-15-5-8-17(22-3)9-6-15/h5-6,8-11,16,20-21H,12H2,1-3H3. The molecule has 2 bridgehead atoms. The molecule has 0 amide bonds. The van der Waals surface area contributed by atoms with Gasteiger partial charge in [0, 0.05) is 5.56 Å². The number of methoxy groups -OCH3 is 1. The van der Waals surface area contributed by atoms with Gasteiger partial charge in [-0.25, -0.2) is 0 Å². The van der Waals surface area contributed by atoms with Crippen molar-refractivity contribution < 1.29 is 9.47 Å². The minimum absolute atomic E-state index is 0.139. The number of benzene rings is 2. The van der Waals surface area contributed by atoms with Gasteiger partial charge >= 0.3 is 0 Å². The topological polar surface area (TPSA) is 18.5 Å². The average molecular weight is 304 g/mol. The summed E-state index contributed by atoms with van der Waals surface area (Å²) < 4.78 is 11.3. The number of rotatable bonds is 1. The van der Waals surface area contributed by atoms with Gasteiger partial charge in [0.05, 0.1) is 25.2 Å². The second-order valence-corrected chi connectivity index (χ2v) is 6.45. The van der Waals surface area contributed by atoms with E-state index in [2.05, 4.69) is 37.8 Å². The first-order valence-electron chi connectivity index (χ1n) is 8.08. The predicted octanol–water partition coefficient (Wildman–Crippen LogP) is 4.50. The molecular weight excluding hydrogens is 284 g/mol. The number of hydrogen-bond acceptors (Lipinski definition) is 2. The first-order valence-corrected chi connectivity index (χ1v) is 8.08. The summed E-state index contributed by atoms with van der Waals surface area (Å²) in [6, 6.07) is 12.5. The van der Waals surface area contributed by atoms with E-state index in [9.17, 15) is 0 Å². The third kappa shape index (κ3) is 2.42. The molecule has 2 aromatic carbocycles. The van der Waals surface area contributed by atoms with Crippen molar-refractivity contribution in [1.29, 1.82) is 0 Å². The Morgan fingerprint density at radius 1 is 1.04 bits per heavy atom. The van der Waals surface area contributed by atoms with Crippen LogP contribution in [0.5, 0.6) is 5.75 Å². The lowest BCUT2D eigenvalue weighted by Crippen LogP contribution is -2.09. The smallest absolute Gasteiger partial charge is 0.118 e. The Hall–Kier alpha value is -2.24. The van der Waals surface area contributed by atoms with Crippen LogP contribution in [0.15, 0.2) is 36.4 Å². The van der Waals surface area contributed by atoms with Gasteiger partial charge in [-0.2, -0.15) is 0 Å². The zero-order valence-corrected chi connectivity index (χ0v) is 13.7. The van der Waals surface area contributed by atoms with Crippen molar-refractivity contribution in [2.45, 2.75) is 32.5 Å². The van der Waals surface area contributed by atoms with Crippen LogP contribution in [0, 0.1) is 31.6 Å². The Bertz CT molecular complexity index is 808. The summed E-state index contributed by atoms with van der Waals surface area (Å²) in [5.41, 5.74) is 6.43. The Balaban J connectivity index is 1.59. The van der Waals surface area contributed by atoms with Crippen molar-refractivity contribution in [3.63, 3.8) is 0 Å². The van der Waals surface area contributed by atoms with Crippen LogP contribution in [0.25, 0.3) is 0 Å². The summed E-state index contributed by atoms with van der Waals surface area (Å²) in [7, 11) is 1.68. The first-order chi connectivity index (χ1) is 11.2. The second kappa shape index (κ2) is 5.44. The normalized spacial score (nSPS) is 24.0. The molecule has 3 atom stereocenters. The number of hydrogen-bond donors (Lipinski definition) is 0. The van der Waals surface area contributed by atoms with Gasteiger partial charge in [0.25, 0.3) is 0 Å². The Kier molecular flexibility index (Phi) is 3.39. The molecule has 0 N–H and O–H groups in total. The Morgan fingerprint density at radius 2 is 1.74 bits per heavy atom. The van der Waals surface area contributed by atoms with Crippen LogP contribution < -0.4 is 4.74 Å². The molecule has 116 valence electrons. The third-order valence-electron chi connectivity index (χ3n) is 4.99. The lowest BCUT2D eigenvalue weighted by Gasteiger charge is -2.18. The number of fused-ring (bicyclic) bond motifs is 5. The van der Waals surface area contributed by atoms with Crippen molar-refractivity contribution >= 4 is 0 Å². The molecule has 2 aromatic rings. The molecule has 1 saturated heterocycles. The van der Waals surface area contributed by atoms with Crippen LogP contribution in [0.2, 0.25) is 0 Å². The van der Waals surface area contributed by atoms with Crippen LogP contribution >= 0.6 is 0 Å². The number of ether oxygens (including phenoxy) is 2. The van der Waals surface area contributed by atoms with Crippen LogP contribution in [-0.4, -0.2) is 7.11 Å². The van der Waals surface area contributed by atoms with E-state index >= 15 is 0 Å². The van der Waals surface area contributed by atoms with Crippen LogP contribution in [0.3, 0.4) is 0 Å². The summed E-state index contributed by atoms with van der Waals surface area (Å²) in [6.07, 6.45) is 1.37. The van der Waals surface area contributed by atoms with Crippen molar-refractivity contribution in [3.05, 3.63) is 64.2 Å². The van der Waals surface area contributed by atoms with E-state index in [4.69, 9.17) is 9.47 Å². The van der Waals surface area contributed by atoms with Gasteiger partial charge in [-0.1, -0.05) is 24.0 Å². The van der Waals surface area contributed by atoms with E-state index < -0.39 is 0 Å². The minimum atomic E-state index is 0.139. The molecule has 2 nitrogen and oxygen atoms in total. The molecule has 2 heterocycles. The van der Waals surface area contributed by atoms with E-state index in [0.717, 1.165) is 17.7 Å². The molecule has 2 aliphatic rings. The van der Waals surface area contributed by atoms with E-state index in [1.807, 2.05) is 24.3 Å². The highest BCUT2D eigenvalue weighted by molar-refractivity contribution is 5.46. The van der Waals surface area contributed by atoms with Gasteiger partial charge in [-0.3, -0.25) is 0 Å². The molecule has 1 fully saturated rings. The number of aryl methyl sites for hydroxylation is 2.